The van der Waals surface area contributed by atoms with Gasteiger partial charge in [0, 0.05) is 24.5 Å². The highest BCUT2D eigenvalue weighted by molar-refractivity contribution is 5.82. The van der Waals surface area contributed by atoms with E-state index < -0.39 is 0 Å². The molecule has 0 bridgehead atoms. The van der Waals surface area contributed by atoms with Gasteiger partial charge in [-0.3, -0.25) is 0 Å². The van der Waals surface area contributed by atoms with Gasteiger partial charge in [0.05, 0.1) is 5.69 Å². The molecule has 0 aliphatic rings. The second kappa shape index (κ2) is 5.06. The first-order valence-corrected chi connectivity index (χ1v) is 6.59. The summed E-state index contributed by atoms with van der Waals surface area (Å²) in [6, 6.07) is 0. The molecule has 98 valence electrons. The van der Waals surface area contributed by atoms with Gasteiger partial charge < -0.3 is 10.7 Å². The van der Waals surface area contributed by atoms with E-state index in [4.69, 9.17) is 10.7 Å². The third kappa shape index (κ3) is 2.38. The summed E-state index contributed by atoms with van der Waals surface area (Å²) in [5.74, 6) is 1.86. The molecule has 0 amide bonds. The number of nitrogens with zero attached hydrogens (tertiary/aromatic N) is 2. The second-order valence-corrected chi connectivity index (χ2v) is 5.52. The number of fused-ring (bicyclic) bond motifs is 1. The molecule has 2 heterocycles. The van der Waals surface area contributed by atoms with Crippen molar-refractivity contribution in [1.29, 1.82) is 0 Å². The minimum absolute atomic E-state index is 0.377. The molecule has 0 radical (unpaired) electrons. The van der Waals surface area contributed by atoms with Gasteiger partial charge in [-0.2, -0.15) is 0 Å². The fourth-order valence-corrected chi connectivity index (χ4v) is 2.21. The van der Waals surface area contributed by atoms with Gasteiger partial charge >= 0.3 is 0 Å². The molecule has 0 aliphatic carbocycles. The van der Waals surface area contributed by atoms with Crippen molar-refractivity contribution in [2.45, 2.75) is 46.6 Å². The summed E-state index contributed by atoms with van der Waals surface area (Å²) in [6.45, 7) is 9.21. The summed E-state index contributed by atoms with van der Waals surface area (Å²) in [7, 11) is 0. The topological polar surface area (TPSA) is 67.6 Å². The fourth-order valence-electron chi connectivity index (χ4n) is 2.21. The Morgan fingerprint density at radius 1 is 1.22 bits per heavy atom. The third-order valence-electron chi connectivity index (χ3n) is 3.05. The summed E-state index contributed by atoms with van der Waals surface area (Å²) in [4.78, 5) is 12.6. The van der Waals surface area contributed by atoms with Crippen molar-refractivity contribution in [3.05, 3.63) is 23.3 Å². The summed E-state index contributed by atoms with van der Waals surface area (Å²) < 4.78 is 0. The lowest BCUT2D eigenvalue weighted by molar-refractivity contribution is 0.617. The molecule has 0 saturated carbocycles. The smallest absolute Gasteiger partial charge is 0.141 e. The highest BCUT2D eigenvalue weighted by Gasteiger charge is 2.15. The van der Waals surface area contributed by atoms with E-state index in [1.165, 1.54) is 0 Å². The lowest BCUT2D eigenvalue weighted by atomic mass is 10.0. The Morgan fingerprint density at radius 3 is 2.50 bits per heavy atom. The van der Waals surface area contributed by atoms with Crippen LogP contribution in [0.15, 0.2) is 6.20 Å². The molecule has 2 rings (SSSR count). The largest absolute Gasteiger partial charge is 0.346 e. The summed E-state index contributed by atoms with van der Waals surface area (Å²) >= 11 is 0. The van der Waals surface area contributed by atoms with Crippen LogP contribution in [0.3, 0.4) is 0 Å². The zero-order valence-corrected chi connectivity index (χ0v) is 11.6. The van der Waals surface area contributed by atoms with Crippen LogP contribution in [0.4, 0.5) is 0 Å². The van der Waals surface area contributed by atoms with E-state index in [9.17, 15) is 0 Å². The molecule has 0 atom stereocenters. The Morgan fingerprint density at radius 2 is 1.94 bits per heavy atom. The summed E-state index contributed by atoms with van der Waals surface area (Å²) in [5.41, 5.74) is 8.90. The maximum atomic E-state index is 5.77. The van der Waals surface area contributed by atoms with Crippen molar-refractivity contribution in [3.63, 3.8) is 0 Å². The van der Waals surface area contributed by atoms with Crippen LogP contribution in [-0.2, 0) is 13.0 Å². The molecule has 0 unspecified atom stereocenters. The number of aromatic amines is 1. The number of nitrogens with two attached hydrogens (primary N) is 1. The van der Waals surface area contributed by atoms with Crippen LogP contribution in [0.1, 0.15) is 50.7 Å². The Balaban J connectivity index is 2.61. The van der Waals surface area contributed by atoms with Crippen molar-refractivity contribution >= 4 is 11.0 Å². The number of hydrogen-bond donors (Lipinski definition) is 2. The van der Waals surface area contributed by atoms with Gasteiger partial charge in [0.2, 0.25) is 0 Å². The van der Waals surface area contributed by atoms with Gasteiger partial charge in [-0.25, -0.2) is 9.97 Å². The highest BCUT2D eigenvalue weighted by atomic mass is 15.0. The van der Waals surface area contributed by atoms with E-state index in [0.29, 0.717) is 18.4 Å². The first kappa shape index (κ1) is 13.0. The molecule has 0 spiro atoms. The normalized spacial score (nSPS) is 11.9. The SMILES string of the molecule is CC(C)Cc1nc(C(C)C)c2c(CN)c[nH]c2n1. The maximum Gasteiger partial charge on any atom is 0.141 e. The standard InChI is InChI=1S/C14H22N4/c1-8(2)5-11-17-13(9(3)4)12-10(6-15)7-16-14(12)18-11/h7-9H,5-6,15H2,1-4H3,(H,16,17,18). The minimum Gasteiger partial charge on any atom is -0.346 e. The van der Waals surface area contributed by atoms with E-state index in [-0.39, 0.29) is 0 Å². The third-order valence-corrected chi connectivity index (χ3v) is 3.05. The van der Waals surface area contributed by atoms with Crippen molar-refractivity contribution in [3.8, 4) is 0 Å². The van der Waals surface area contributed by atoms with E-state index in [0.717, 1.165) is 34.5 Å². The van der Waals surface area contributed by atoms with E-state index >= 15 is 0 Å². The quantitative estimate of drug-likeness (QED) is 0.871. The number of hydrogen-bond acceptors (Lipinski definition) is 3. The van der Waals surface area contributed by atoms with Crippen LogP contribution in [0.25, 0.3) is 11.0 Å². The Bertz CT molecular complexity index is 540. The molecule has 2 aromatic rings. The van der Waals surface area contributed by atoms with Crippen LogP contribution < -0.4 is 5.73 Å². The van der Waals surface area contributed by atoms with Gasteiger partial charge in [-0.1, -0.05) is 27.7 Å². The molecule has 0 fully saturated rings. The van der Waals surface area contributed by atoms with Crippen LogP contribution in [0.2, 0.25) is 0 Å². The van der Waals surface area contributed by atoms with E-state index in [2.05, 4.69) is 37.7 Å². The summed E-state index contributed by atoms with van der Waals surface area (Å²) in [6.07, 6.45) is 2.86. The monoisotopic (exact) mass is 246 g/mol. The minimum atomic E-state index is 0.377. The zero-order valence-electron chi connectivity index (χ0n) is 11.6. The molecular formula is C14H22N4. The van der Waals surface area contributed by atoms with Gasteiger partial charge in [0.25, 0.3) is 0 Å². The first-order chi connectivity index (χ1) is 8.52. The van der Waals surface area contributed by atoms with Crippen LogP contribution in [0.5, 0.6) is 0 Å². The van der Waals surface area contributed by atoms with Gasteiger partial charge in [-0.15, -0.1) is 0 Å². The first-order valence-electron chi connectivity index (χ1n) is 6.59. The van der Waals surface area contributed by atoms with E-state index in [1.54, 1.807) is 0 Å². The summed E-state index contributed by atoms with van der Waals surface area (Å²) in [5, 5.41) is 1.11. The number of aromatic nitrogens is 3. The molecule has 2 aromatic heterocycles. The Labute approximate surface area is 108 Å². The Kier molecular flexibility index (Phi) is 3.66. The number of rotatable bonds is 4. The predicted molar refractivity (Wildman–Crippen MR) is 74.4 cm³/mol. The molecule has 18 heavy (non-hydrogen) atoms. The van der Waals surface area contributed by atoms with Crippen LogP contribution in [-0.4, -0.2) is 15.0 Å². The van der Waals surface area contributed by atoms with Crippen molar-refractivity contribution < 1.29 is 0 Å². The average Bonchev–Trinajstić information content (AvgIpc) is 2.69. The molecule has 4 nitrogen and oxygen atoms in total. The van der Waals surface area contributed by atoms with Crippen LogP contribution in [0, 0.1) is 5.92 Å². The van der Waals surface area contributed by atoms with Crippen molar-refractivity contribution in [2.24, 2.45) is 11.7 Å². The molecule has 0 aliphatic heterocycles. The maximum absolute atomic E-state index is 5.77. The fraction of sp³-hybridized carbons (Fsp3) is 0.571. The second-order valence-electron chi connectivity index (χ2n) is 5.52. The van der Waals surface area contributed by atoms with E-state index in [1.807, 2.05) is 6.20 Å². The Hall–Kier alpha value is -1.42. The van der Waals surface area contributed by atoms with Gasteiger partial charge in [-0.05, 0) is 17.4 Å². The zero-order chi connectivity index (χ0) is 13.3. The molecule has 0 saturated heterocycles. The number of H-pyrrole nitrogens is 1. The molecule has 0 aromatic carbocycles. The molecule has 4 heteroatoms. The van der Waals surface area contributed by atoms with Crippen molar-refractivity contribution in [1.82, 2.24) is 15.0 Å². The highest BCUT2D eigenvalue weighted by Crippen LogP contribution is 2.26. The molecule has 3 N–H and O–H groups in total. The van der Waals surface area contributed by atoms with Crippen LogP contribution >= 0.6 is 0 Å². The van der Waals surface area contributed by atoms with Gasteiger partial charge in [0.15, 0.2) is 0 Å². The van der Waals surface area contributed by atoms with Crippen molar-refractivity contribution in [2.75, 3.05) is 0 Å². The van der Waals surface area contributed by atoms with Gasteiger partial charge in [0.1, 0.15) is 11.5 Å². The predicted octanol–water partition coefficient (Wildman–Crippen LogP) is 2.74. The average molecular weight is 246 g/mol. The molecular weight excluding hydrogens is 224 g/mol. The lowest BCUT2D eigenvalue weighted by Gasteiger charge is -2.11. The number of nitrogens with one attached hydrogen (secondary N) is 1. The lowest BCUT2D eigenvalue weighted by Crippen LogP contribution is -2.06.